The van der Waals surface area contributed by atoms with E-state index in [-0.39, 0.29) is 5.75 Å². The Morgan fingerprint density at radius 1 is 1.23 bits per heavy atom. The molecular formula is C20H27N4O10P. The van der Waals surface area contributed by atoms with Crippen molar-refractivity contribution in [1.29, 1.82) is 0 Å². The number of ether oxygens (including phenoxy) is 2. The minimum Gasteiger partial charge on any atom is -0.462 e. The number of aliphatic hydroxyl groups is 2. The fourth-order valence-electron chi connectivity index (χ4n) is 3.12. The minimum absolute atomic E-state index is 0.169. The van der Waals surface area contributed by atoms with Crippen molar-refractivity contribution in [2.45, 2.75) is 57.5 Å². The second-order valence-electron chi connectivity index (χ2n) is 7.96. The summed E-state index contributed by atoms with van der Waals surface area (Å²) in [7, 11) is -4.26. The third-order valence-electron chi connectivity index (χ3n) is 4.75. The van der Waals surface area contributed by atoms with Gasteiger partial charge in [0.05, 0.1) is 12.7 Å². The van der Waals surface area contributed by atoms with Gasteiger partial charge >= 0.3 is 19.4 Å². The van der Waals surface area contributed by atoms with Crippen LogP contribution in [0.5, 0.6) is 5.75 Å². The van der Waals surface area contributed by atoms with E-state index in [9.17, 15) is 29.2 Å². The SMILES string of the molecule is CC(C)OC(=O)[C@H](C)NP(=O)(OC[C@H]1O[C@@H](n2ncc(=O)[nH]c2=O)[C@H](O)[C@@H]1O)Oc1ccccc1. The van der Waals surface area contributed by atoms with Gasteiger partial charge in [-0.2, -0.15) is 14.9 Å². The van der Waals surface area contributed by atoms with Gasteiger partial charge in [0.15, 0.2) is 6.23 Å². The third-order valence-corrected chi connectivity index (χ3v) is 6.39. The molecule has 0 radical (unpaired) electrons. The molecule has 1 aromatic heterocycles. The Bertz CT molecular complexity index is 1170. The number of nitrogens with one attached hydrogen (secondary N) is 2. The molecule has 2 aromatic rings. The summed E-state index contributed by atoms with van der Waals surface area (Å²) < 4.78 is 35.7. The van der Waals surface area contributed by atoms with E-state index in [0.717, 1.165) is 6.20 Å². The molecule has 192 valence electrons. The number of rotatable bonds is 10. The van der Waals surface area contributed by atoms with Gasteiger partial charge < -0.3 is 24.2 Å². The summed E-state index contributed by atoms with van der Waals surface area (Å²) in [6.45, 7) is 4.15. The van der Waals surface area contributed by atoms with E-state index < -0.39 is 68.3 Å². The van der Waals surface area contributed by atoms with E-state index in [4.69, 9.17) is 18.5 Å². The number of aromatic amines is 1. The van der Waals surface area contributed by atoms with Crippen LogP contribution in [-0.4, -0.2) is 68.0 Å². The molecule has 35 heavy (non-hydrogen) atoms. The highest BCUT2D eigenvalue weighted by Gasteiger charge is 2.46. The van der Waals surface area contributed by atoms with Crippen molar-refractivity contribution >= 4 is 13.7 Å². The molecule has 3 rings (SSSR count). The van der Waals surface area contributed by atoms with Crippen LogP contribution in [-0.2, 0) is 23.4 Å². The van der Waals surface area contributed by atoms with Crippen molar-refractivity contribution < 1.29 is 38.1 Å². The van der Waals surface area contributed by atoms with Crippen molar-refractivity contribution in [3.63, 3.8) is 0 Å². The summed E-state index contributed by atoms with van der Waals surface area (Å²) in [5, 5.41) is 26.8. The standard InChI is InChI=1S/C20H27N4O10P/c1-11(2)32-19(28)12(3)23-35(30,34-13-7-5-4-6-8-13)31-10-14-16(26)17(27)18(33-14)24-20(29)22-15(25)9-21-24/h4-9,11-12,14,16-18,26-27H,10H2,1-3H3,(H,23,30)(H,22,25,29)/t12-,14+,16+,17+,18+,35?/m0/s1. The monoisotopic (exact) mass is 514 g/mol. The lowest BCUT2D eigenvalue weighted by Gasteiger charge is -2.25. The van der Waals surface area contributed by atoms with Crippen LogP contribution in [0, 0.1) is 0 Å². The summed E-state index contributed by atoms with van der Waals surface area (Å²) >= 11 is 0. The molecule has 0 bridgehead atoms. The Hall–Kier alpha value is -2.87. The van der Waals surface area contributed by atoms with E-state index in [1.807, 2.05) is 4.98 Å². The highest BCUT2D eigenvalue weighted by Crippen LogP contribution is 2.45. The molecule has 2 heterocycles. The minimum atomic E-state index is -4.26. The molecule has 0 aliphatic carbocycles. The quantitative estimate of drug-likeness (QED) is 0.239. The predicted octanol–water partition coefficient (Wildman–Crippen LogP) is -0.316. The number of hydrogen-bond acceptors (Lipinski definition) is 11. The number of esters is 1. The van der Waals surface area contributed by atoms with Crippen LogP contribution in [0.2, 0.25) is 0 Å². The molecule has 1 aliphatic heterocycles. The molecule has 4 N–H and O–H groups in total. The topological polar surface area (TPSA) is 191 Å². The molecule has 0 amide bonds. The molecule has 1 saturated heterocycles. The molecule has 15 heteroatoms. The maximum absolute atomic E-state index is 13.5. The molecule has 1 aliphatic rings. The third kappa shape index (κ3) is 6.84. The van der Waals surface area contributed by atoms with Gasteiger partial charge in [-0.1, -0.05) is 18.2 Å². The molecule has 1 unspecified atom stereocenters. The highest BCUT2D eigenvalue weighted by atomic mass is 31.2. The first kappa shape index (κ1) is 26.7. The van der Waals surface area contributed by atoms with Crippen LogP contribution in [0.1, 0.15) is 27.0 Å². The molecule has 14 nitrogen and oxygen atoms in total. The largest absolute Gasteiger partial charge is 0.462 e. The first-order valence-corrected chi connectivity index (χ1v) is 12.2. The van der Waals surface area contributed by atoms with E-state index in [2.05, 4.69) is 10.2 Å². The predicted molar refractivity (Wildman–Crippen MR) is 119 cm³/mol. The number of para-hydroxylation sites is 1. The Morgan fingerprint density at radius 2 is 1.91 bits per heavy atom. The van der Waals surface area contributed by atoms with Crippen LogP contribution in [0.4, 0.5) is 0 Å². The second kappa shape index (κ2) is 11.2. The number of H-pyrrole nitrogens is 1. The van der Waals surface area contributed by atoms with Gasteiger partial charge in [-0.15, -0.1) is 0 Å². The van der Waals surface area contributed by atoms with Gasteiger partial charge in [-0.05, 0) is 32.9 Å². The lowest BCUT2D eigenvalue weighted by molar-refractivity contribution is -0.149. The van der Waals surface area contributed by atoms with Crippen LogP contribution in [0.3, 0.4) is 0 Å². The van der Waals surface area contributed by atoms with Crippen LogP contribution >= 0.6 is 7.75 Å². The highest BCUT2D eigenvalue weighted by molar-refractivity contribution is 7.52. The molecule has 0 saturated carbocycles. The Morgan fingerprint density at radius 3 is 2.54 bits per heavy atom. The number of hydrogen-bond donors (Lipinski definition) is 4. The van der Waals surface area contributed by atoms with Crippen molar-refractivity contribution in [3.8, 4) is 5.75 Å². The van der Waals surface area contributed by atoms with Gasteiger partial charge in [0.2, 0.25) is 0 Å². The zero-order valence-electron chi connectivity index (χ0n) is 19.1. The Balaban J connectivity index is 1.75. The van der Waals surface area contributed by atoms with Crippen LogP contribution < -0.4 is 20.9 Å². The number of aromatic nitrogens is 3. The van der Waals surface area contributed by atoms with Gasteiger partial charge in [0, 0.05) is 0 Å². The van der Waals surface area contributed by atoms with Gasteiger partial charge in [-0.3, -0.25) is 19.1 Å². The number of nitrogens with zero attached hydrogens (tertiary/aromatic N) is 2. The molecule has 1 fully saturated rings. The summed E-state index contributed by atoms with van der Waals surface area (Å²) in [6.07, 6.45) is -5.53. The number of carbonyl (C=O) groups is 1. The van der Waals surface area contributed by atoms with Gasteiger partial charge in [-0.25, -0.2) is 9.36 Å². The number of benzene rings is 1. The average molecular weight is 514 g/mol. The van der Waals surface area contributed by atoms with Crippen molar-refractivity contribution in [2.24, 2.45) is 0 Å². The van der Waals surface area contributed by atoms with Gasteiger partial charge in [0.25, 0.3) is 5.56 Å². The van der Waals surface area contributed by atoms with E-state index in [0.29, 0.717) is 4.68 Å². The maximum Gasteiger partial charge on any atom is 0.459 e. The first-order chi connectivity index (χ1) is 16.5. The van der Waals surface area contributed by atoms with E-state index in [1.165, 1.54) is 19.1 Å². The van der Waals surface area contributed by atoms with Gasteiger partial charge in [0.1, 0.15) is 36.3 Å². The van der Waals surface area contributed by atoms with Crippen molar-refractivity contribution in [2.75, 3.05) is 6.61 Å². The fourth-order valence-corrected chi connectivity index (χ4v) is 4.62. The van der Waals surface area contributed by atoms with Crippen molar-refractivity contribution in [1.82, 2.24) is 19.9 Å². The summed E-state index contributed by atoms with van der Waals surface area (Å²) in [5.41, 5.74) is -1.72. The van der Waals surface area contributed by atoms with E-state index >= 15 is 0 Å². The smallest absolute Gasteiger partial charge is 0.459 e. The second-order valence-corrected chi connectivity index (χ2v) is 9.66. The summed E-state index contributed by atoms with van der Waals surface area (Å²) in [4.78, 5) is 37.4. The number of aliphatic hydroxyl groups excluding tert-OH is 2. The molecule has 0 spiro atoms. The molecule has 6 atom stereocenters. The summed E-state index contributed by atoms with van der Waals surface area (Å²) in [6, 6.07) is 6.92. The lowest BCUT2D eigenvalue weighted by atomic mass is 10.1. The number of carbonyl (C=O) groups excluding carboxylic acids is 1. The van der Waals surface area contributed by atoms with Crippen LogP contribution in [0.15, 0.2) is 46.1 Å². The normalized spacial score (nSPS) is 24.6. The zero-order chi connectivity index (χ0) is 25.8. The fraction of sp³-hybridized carbons (Fsp3) is 0.500. The maximum atomic E-state index is 13.5. The average Bonchev–Trinajstić information content (AvgIpc) is 3.06. The zero-order valence-corrected chi connectivity index (χ0v) is 20.0. The first-order valence-electron chi connectivity index (χ1n) is 10.7. The summed E-state index contributed by atoms with van der Waals surface area (Å²) in [5.74, 6) is -0.529. The van der Waals surface area contributed by atoms with Crippen LogP contribution in [0.25, 0.3) is 0 Å². The molecule has 1 aromatic carbocycles. The molecular weight excluding hydrogens is 487 g/mol. The lowest BCUT2D eigenvalue weighted by Crippen LogP contribution is -2.39. The Kier molecular flexibility index (Phi) is 8.59. The van der Waals surface area contributed by atoms with E-state index in [1.54, 1.807) is 32.0 Å². The van der Waals surface area contributed by atoms with Crippen molar-refractivity contribution in [3.05, 3.63) is 57.4 Å². The Labute approximate surface area is 199 Å².